The molecule has 17 heavy (non-hydrogen) atoms. The highest BCUT2D eigenvalue weighted by atomic mass is 32.1. The van der Waals surface area contributed by atoms with Crippen LogP contribution in [-0.2, 0) is 6.54 Å². The number of H-pyrrole nitrogens is 1. The standard InChI is InChI=1S/C12H14N2O2S/c1-8(17)6-7-14-10-5-3-2-4-9(10)11(15)13-12(14)16/h2-5,8,17H,6-7H2,1H3,(H,13,15,16). The number of fused-ring (bicyclic) bond motifs is 1. The topological polar surface area (TPSA) is 54.9 Å². The van der Waals surface area contributed by atoms with Crippen LogP contribution in [0.1, 0.15) is 13.3 Å². The molecular weight excluding hydrogens is 236 g/mol. The molecule has 1 unspecified atom stereocenters. The van der Waals surface area contributed by atoms with Gasteiger partial charge in [-0.05, 0) is 18.6 Å². The van der Waals surface area contributed by atoms with Crippen molar-refractivity contribution in [1.82, 2.24) is 9.55 Å². The van der Waals surface area contributed by atoms with Gasteiger partial charge in [-0.3, -0.25) is 14.3 Å². The van der Waals surface area contributed by atoms with Crippen LogP contribution in [-0.4, -0.2) is 14.8 Å². The maximum absolute atomic E-state index is 11.7. The van der Waals surface area contributed by atoms with E-state index < -0.39 is 0 Å². The van der Waals surface area contributed by atoms with Crippen molar-refractivity contribution in [2.75, 3.05) is 0 Å². The first kappa shape index (κ1) is 12.0. The molecule has 4 nitrogen and oxygen atoms in total. The quantitative estimate of drug-likeness (QED) is 0.809. The monoisotopic (exact) mass is 250 g/mol. The maximum Gasteiger partial charge on any atom is 0.328 e. The van der Waals surface area contributed by atoms with Crippen molar-refractivity contribution in [3.8, 4) is 0 Å². The predicted octanol–water partition coefficient (Wildman–Crippen LogP) is 1.40. The average Bonchev–Trinajstić information content (AvgIpc) is 2.28. The number of thiol groups is 1. The third kappa shape index (κ3) is 2.44. The minimum absolute atomic E-state index is 0.215. The van der Waals surface area contributed by atoms with E-state index in [4.69, 9.17) is 0 Å². The fourth-order valence-electron chi connectivity index (χ4n) is 1.78. The number of aryl methyl sites for hydroxylation is 1. The average molecular weight is 250 g/mol. The summed E-state index contributed by atoms with van der Waals surface area (Å²) >= 11 is 4.29. The van der Waals surface area contributed by atoms with Gasteiger partial charge in [-0.15, -0.1) is 0 Å². The number of aromatic nitrogens is 2. The summed E-state index contributed by atoms with van der Waals surface area (Å²) in [5.74, 6) is 0. The van der Waals surface area contributed by atoms with E-state index in [1.807, 2.05) is 13.0 Å². The van der Waals surface area contributed by atoms with Gasteiger partial charge in [-0.1, -0.05) is 19.1 Å². The Labute approximate surface area is 104 Å². The number of hydrogen-bond donors (Lipinski definition) is 2. The Kier molecular flexibility index (Phi) is 3.38. The van der Waals surface area contributed by atoms with E-state index in [1.54, 1.807) is 22.8 Å². The number of para-hydroxylation sites is 1. The molecule has 0 spiro atoms. The molecule has 2 rings (SSSR count). The molecule has 1 aromatic carbocycles. The summed E-state index contributed by atoms with van der Waals surface area (Å²) < 4.78 is 1.59. The molecule has 0 aliphatic rings. The lowest BCUT2D eigenvalue weighted by atomic mass is 10.2. The van der Waals surface area contributed by atoms with Gasteiger partial charge in [-0.25, -0.2) is 4.79 Å². The van der Waals surface area contributed by atoms with Crippen molar-refractivity contribution in [3.05, 3.63) is 45.1 Å². The zero-order chi connectivity index (χ0) is 12.4. The largest absolute Gasteiger partial charge is 0.328 e. The molecule has 2 aromatic rings. The number of nitrogens with zero attached hydrogens (tertiary/aromatic N) is 1. The van der Waals surface area contributed by atoms with Gasteiger partial charge in [0.05, 0.1) is 10.9 Å². The van der Waals surface area contributed by atoms with Crippen molar-refractivity contribution in [1.29, 1.82) is 0 Å². The first-order valence-electron chi connectivity index (χ1n) is 5.49. The summed E-state index contributed by atoms with van der Waals surface area (Å²) in [6.45, 7) is 2.53. The second-order valence-electron chi connectivity index (χ2n) is 4.07. The molecule has 0 amide bonds. The van der Waals surface area contributed by atoms with Crippen molar-refractivity contribution >= 4 is 23.5 Å². The van der Waals surface area contributed by atoms with E-state index in [9.17, 15) is 9.59 Å². The van der Waals surface area contributed by atoms with Crippen LogP contribution in [0.5, 0.6) is 0 Å². The normalized spacial score (nSPS) is 12.8. The van der Waals surface area contributed by atoms with E-state index in [-0.39, 0.29) is 16.5 Å². The van der Waals surface area contributed by atoms with Crippen LogP contribution in [0.3, 0.4) is 0 Å². The Morgan fingerprint density at radius 1 is 1.35 bits per heavy atom. The number of rotatable bonds is 3. The maximum atomic E-state index is 11.7. The minimum atomic E-state index is -0.359. The fraction of sp³-hybridized carbons (Fsp3) is 0.333. The Bertz CT molecular complexity index is 643. The number of nitrogens with one attached hydrogen (secondary N) is 1. The van der Waals surface area contributed by atoms with Crippen LogP contribution in [0.15, 0.2) is 33.9 Å². The summed E-state index contributed by atoms with van der Waals surface area (Å²) in [7, 11) is 0. The van der Waals surface area contributed by atoms with Crippen molar-refractivity contribution in [2.45, 2.75) is 25.1 Å². The Morgan fingerprint density at radius 3 is 2.76 bits per heavy atom. The van der Waals surface area contributed by atoms with E-state index in [0.29, 0.717) is 17.4 Å². The van der Waals surface area contributed by atoms with Gasteiger partial charge in [0.15, 0.2) is 0 Å². The van der Waals surface area contributed by atoms with Gasteiger partial charge in [0.25, 0.3) is 5.56 Å². The molecule has 0 radical (unpaired) electrons. The van der Waals surface area contributed by atoms with E-state index >= 15 is 0 Å². The zero-order valence-corrected chi connectivity index (χ0v) is 10.4. The highest BCUT2D eigenvalue weighted by molar-refractivity contribution is 7.80. The second kappa shape index (κ2) is 4.79. The highest BCUT2D eigenvalue weighted by Crippen LogP contribution is 2.08. The summed E-state index contributed by atoms with van der Waals surface area (Å²) in [4.78, 5) is 25.7. The molecule has 5 heteroatoms. The summed E-state index contributed by atoms with van der Waals surface area (Å²) in [5.41, 5.74) is -0.0151. The van der Waals surface area contributed by atoms with E-state index in [1.165, 1.54) is 0 Å². The molecule has 0 saturated heterocycles. The van der Waals surface area contributed by atoms with Gasteiger partial charge >= 0.3 is 5.69 Å². The molecule has 0 bridgehead atoms. The zero-order valence-electron chi connectivity index (χ0n) is 9.51. The van der Waals surface area contributed by atoms with E-state index in [2.05, 4.69) is 17.6 Å². The summed E-state index contributed by atoms with van der Waals surface area (Å²) in [6.07, 6.45) is 0.777. The number of benzene rings is 1. The molecule has 0 saturated carbocycles. The van der Waals surface area contributed by atoms with Gasteiger partial charge in [-0.2, -0.15) is 12.6 Å². The molecule has 1 atom stereocenters. The number of aromatic amines is 1. The fourth-order valence-corrected chi connectivity index (χ4v) is 1.90. The molecular formula is C12H14N2O2S. The summed E-state index contributed by atoms with van der Waals surface area (Å²) in [5, 5.41) is 0.756. The van der Waals surface area contributed by atoms with Gasteiger partial charge < -0.3 is 0 Å². The minimum Gasteiger partial charge on any atom is -0.293 e. The Morgan fingerprint density at radius 2 is 2.06 bits per heavy atom. The lowest BCUT2D eigenvalue weighted by molar-refractivity contribution is 0.626. The molecule has 0 aliphatic carbocycles. The van der Waals surface area contributed by atoms with Gasteiger partial charge in [0.1, 0.15) is 0 Å². The molecule has 1 N–H and O–H groups in total. The van der Waals surface area contributed by atoms with Crippen LogP contribution in [0.25, 0.3) is 10.9 Å². The summed E-state index contributed by atoms with van der Waals surface area (Å²) in [6, 6.07) is 7.11. The first-order valence-corrected chi connectivity index (χ1v) is 6.01. The van der Waals surface area contributed by atoms with Gasteiger partial charge in [0.2, 0.25) is 0 Å². The van der Waals surface area contributed by atoms with Gasteiger partial charge in [0, 0.05) is 11.8 Å². The lowest BCUT2D eigenvalue weighted by Gasteiger charge is -2.10. The Balaban J connectivity index is 2.61. The SMILES string of the molecule is CC(S)CCn1c(=O)[nH]c(=O)c2ccccc21. The van der Waals surface area contributed by atoms with Crippen molar-refractivity contribution in [2.24, 2.45) is 0 Å². The third-order valence-corrected chi connectivity index (χ3v) is 2.93. The van der Waals surface area contributed by atoms with E-state index in [0.717, 1.165) is 6.42 Å². The smallest absolute Gasteiger partial charge is 0.293 e. The van der Waals surface area contributed by atoms with Crippen LogP contribution >= 0.6 is 12.6 Å². The van der Waals surface area contributed by atoms with Crippen molar-refractivity contribution < 1.29 is 0 Å². The molecule has 0 aliphatic heterocycles. The highest BCUT2D eigenvalue weighted by Gasteiger charge is 2.06. The lowest BCUT2D eigenvalue weighted by Crippen LogP contribution is -2.30. The molecule has 90 valence electrons. The van der Waals surface area contributed by atoms with Crippen LogP contribution in [0, 0.1) is 0 Å². The molecule has 1 heterocycles. The molecule has 0 fully saturated rings. The van der Waals surface area contributed by atoms with Crippen LogP contribution < -0.4 is 11.2 Å². The first-order chi connectivity index (χ1) is 8.09. The van der Waals surface area contributed by atoms with Crippen molar-refractivity contribution in [3.63, 3.8) is 0 Å². The predicted molar refractivity (Wildman–Crippen MR) is 71.9 cm³/mol. The Hall–Kier alpha value is -1.49. The third-order valence-electron chi connectivity index (χ3n) is 2.68. The molecule has 1 aromatic heterocycles. The van der Waals surface area contributed by atoms with Crippen LogP contribution in [0.4, 0.5) is 0 Å². The van der Waals surface area contributed by atoms with Crippen LogP contribution in [0.2, 0.25) is 0 Å². The number of hydrogen-bond acceptors (Lipinski definition) is 3. The second-order valence-corrected chi connectivity index (χ2v) is 4.95.